The van der Waals surface area contributed by atoms with E-state index in [1.807, 2.05) is 6.92 Å². The molecule has 0 atom stereocenters. The Kier molecular flexibility index (Phi) is 6.42. The molecule has 7 nitrogen and oxygen atoms in total. The van der Waals surface area contributed by atoms with Gasteiger partial charge in [0, 0.05) is 11.1 Å². The number of amides is 1. The standard InChI is InChI=1S/C22H20N2O5/c1-3-28-18-10-8-16(9-11-18)21(25)24-23-14-19-12-13-20(29-19)15-4-6-17(7-5-15)22(26)27-2/h4-14H,3H2,1-2H3,(H,24,25)/b23-14+. The first-order chi connectivity index (χ1) is 14.1. The number of rotatable bonds is 7. The van der Waals surface area contributed by atoms with E-state index in [4.69, 9.17) is 9.15 Å². The van der Waals surface area contributed by atoms with Gasteiger partial charge >= 0.3 is 5.97 Å². The summed E-state index contributed by atoms with van der Waals surface area (Å²) < 4.78 is 15.7. The first kappa shape index (κ1) is 19.9. The predicted octanol–water partition coefficient (Wildman–Crippen LogP) is 3.90. The lowest BCUT2D eigenvalue weighted by Gasteiger charge is -2.03. The van der Waals surface area contributed by atoms with E-state index >= 15 is 0 Å². The van der Waals surface area contributed by atoms with Crippen LogP contribution in [0.15, 0.2) is 70.2 Å². The molecule has 0 aliphatic rings. The van der Waals surface area contributed by atoms with Gasteiger partial charge in [0.15, 0.2) is 0 Å². The summed E-state index contributed by atoms with van der Waals surface area (Å²) in [5.41, 5.74) is 4.18. The molecule has 7 heteroatoms. The Morgan fingerprint density at radius 2 is 1.69 bits per heavy atom. The summed E-state index contributed by atoms with van der Waals surface area (Å²) in [4.78, 5) is 23.6. The Hall–Kier alpha value is -3.87. The molecule has 1 aromatic heterocycles. The van der Waals surface area contributed by atoms with Crippen LogP contribution in [0.3, 0.4) is 0 Å². The van der Waals surface area contributed by atoms with Crippen molar-refractivity contribution in [2.24, 2.45) is 5.10 Å². The highest BCUT2D eigenvalue weighted by Gasteiger charge is 2.08. The maximum Gasteiger partial charge on any atom is 0.337 e. The van der Waals surface area contributed by atoms with Crippen LogP contribution in [0, 0.1) is 0 Å². The van der Waals surface area contributed by atoms with E-state index in [1.54, 1.807) is 60.7 Å². The molecule has 3 aromatic rings. The van der Waals surface area contributed by atoms with Crippen LogP contribution >= 0.6 is 0 Å². The number of methoxy groups -OCH3 is 1. The number of carbonyl (C=O) groups excluding carboxylic acids is 2. The number of nitrogens with one attached hydrogen (secondary N) is 1. The van der Waals surface area contributed by atoms with Gasteiger partial charge in [-0.15, -0.1) is 0 Å². The van der Waals surface area contributed by atoms with Crippen LogP contribution < -0.4 is 10.2 Å². The maximum atomic E-state index is 12.1. The fourth-order valence-corrected chi connectivity index (χ4v) is 2.55. The number of hydrazone groups is 1. The second kappa shape index (κ2) is 9.36. The fourth-order valence-electron chi connectivity index (χ4n) is 2.55. The third-order valence-electron chi connectivity index (χ3n) is 4.00. The Balaban J connectivity index is 1.60. The average molecular weight is 392 g/mol. The largest absolute Gasteiger partial charge is 0.494 e. The molecule has 0 bridgehead atoms. The zero-order valence-corrected chi connectivity index (χ0v) is 16.0. The average Bonchev–Trinajstić information content (AvgIpc) is 3.23. The molecule has 29 heavy (non-hydrogen) atoms. The third kappa shape index (κ3) is 5.10. The lowest BCUT2D eigenvalue weighted by Crippen LogP contribution is -2.17. The number of ether oxygens (including phenoxy) is 2. The minimum Gasteiger partial charge on any atom is -0.494 e. The van der Waals surface area contributed by atoms with E-state index in [0.717, 1.165) is 5.56 Å². The van der Waals surface area contributed by atoms with Crippen LogP contribution in [0.2, 0.25) is 0 Å². The number of esters is 1. The molecule has 0 unspecified atom stereocenters. The lowest BCUT2D eigenvalue weighted by atomic mass is 10.1. The molecule has 3 rings (SSSR count). The molecular formula is C22H20N2O5. The topological polar surface area (TPSA) is 90.1 Å². The van der Waals surface area contributed by atoms with Crippen LogP contribution in [0.1, 0.15) is 33.4 Å². The zero-order chi connectivity index (χ0) is 20.6. The van der Waals surface area contributed by atoms with Crippen LogP contribution in [0.25, 0.3) is 11.3 Å². The molecule has 0 saturated heterocycles. The normalized spacial score (nSPS) is 10.7. The van der Waals surface area contributed by atoms with Crippen LogP contribution in [-0.4, -0.2) is 31.8 Å². The lowest BCUT2D eigenvalue weighted by molar-refractivity contribution is 0.0600. The summed E-state index contributed by atoms with van der Waals surface area (Å²) >= 11 is 0. The van der Waals surface area contributed by atoms with Gasteiger partial charge in [-0.3, -0.25) is 4.79 Å². The fraction of sp³-hybridized carbons (Fsp3) is 0.136. The number of nitrogens with zero attached hydrogens (tertiary/aromatic N) is 1. The highest BCUT2D eigenvalue weighted by molar-refractivity contribution is 5.94. The van der Waals surface area contributed by atoms with Crippen molar-refractivity contribution in [2.45, 2.75) is 6.92 Å². The summed E-state index contributed by atoms with van der Waals surface area (Å²) in [6, 6.07) is 17.2. The second-order valence-corrected chi connectivity index (χ2v) is 5.93. The molecule has 1 N–H and O–H groups in total. The highest BCUT2D eigenvalue weighted by Crippen LogP contribution is 2.22. The quantitative estimate of drug-likeness (QED) is 0.374. The van der Waals surface area contributed by atoms with Gasteiger partial charge in [0.2, 0.25) is 0 Å². The smallest absolute Gasteiger partial charge is 0.337 e. The van der Waals surface area contributed by atoms with Gasteiger partial charge < -0.3 is 13.9 Å². The van der Waals surface area contributed by atoms with Crippen molar-refractivity contribution in [3.8, 4) is 17.1 Å². The molecule has 0 fully saturated rings. The number of furan rings is 1. The first-order valence-electron chi connectivity index (χ1n) is 8.95. The predicted molar refractivity (Wildman–Crippen MR) is 108 cm³/mol. The van der Waals surface area contributed by atoms with E-state index in [-0.39, 0.29) is 5.91 Å². The molecule has 0 aliphatic carbocycles. The zero-order valence-electron chi connectivity index (χ0n) is 16.0. The summed E-state index contributed by atoms with van der Waals surface area (Å²) in [6.45, 7) is 2.46. The Labute approximate surface area is 167 Å². The van der Waals surface area contributed by atoms with Crippen molar-refractivity contribution in [1.82, 2.24) is 5.43 Å². The third-order valence-corrected chi connectivity index (χ3v) is 4.00. The minimum absolute atomic E-state index is 0.338. The Bertz CT molecular complexity index is 1000. The number of carbonyl (C=O) groups is 2. The van der Waals surface area contributed by atoms with Crippen LogP contribution in [-0.2, 0) is 4.74 Å². The van der Waals surface area contributed by atoms with E-state index in [1.165, 1.54) is 13.3 Å². The number of hydrogen-bond donors (Lipinski definition) is 1. The van der Waals surface area contributed by atoms with E-state index in [2.05, 4.69) is 15.3 Å². The summed E-state index contributed by atoms with van der Waals surface area (Å²) in [5.74, 6) is 1.06. The number of hydrogen-bond acceptors (Lipinski definition) is 6. The SMILES string of the molecule is CCOc1ccc(C(=O)N/N=C/c2ccc(-c3ccc(C(=O)OC)cc3)o2)cc1. The summed E-state index contributed by atoms with van der Waals surface area (Å²) in [7, 11) is 1.34. The van der Waals surface area contributed by atoms with E-state index < -0.39 is 5.97 Å². The first-order valence-corrected chi connectivity index (χ1v) is 8.95. The van der Waals surface area contributed by atoms with Crippen LogP contribution in [0.5, 0.6) is 5.75 Å². The van der Waals surface area contributed by atoms with Crippen LogP contribution in [0.4, 0.5) is 0 Å². The minimum atomic E-state index is -0.396. The van der Waals surface area contributed by atoms with Crippen molar-refractivity contribution >= 4 is 18.1 Å². The molecule has 0 aliphatic heterocycles. The monoisotopic (exact) mass is 392 g/mol. The molecule has 2 aromatic carbocycles. The summed E-state index contributed by atoms with van der Waals surface area (Å²) in [5, 5.41) is 3.92. The van der Waals surface area contributed by atoms with Gasteiger partial charge in [-0.05, 0) is 55.5 Å². The molecule has 0 radical (unpaired) electrons. The van der Waals surface area contributed by atoms with Gasteiger partial charge in [0.25, 0.3) is 5.91 Å². The van der Waals surface area contributed by atoms with Gasteiger partial charge in [-0.2, -0.15) is 5.10 Å². The molecule has 1 heterocycles. The molecule has 148 valence electrons. The van der Waals surface area contributed by atoms with Crippen molar-refractivity contribution in [3.05, 3.63) is 77.6 Å². The Morgan fingerprint density at radius 3 is 2.34 bits per heavy atom. The van der Waals surface area contributed by atoms with Gasteiger partial charge in [0.05, 0.1) is 25.5 Å². The Morgan fingerprint density at radius 1 is 1.00 bits per heavy atom. The van der Waals surface area contributed by atoms with Crippen molar-refractivity contribution < 1.29 is 23.5 Å². The van der Waals surface area contributed by atoms with Crippen molar-refractivity contribution in [2.75, 3.05) is 13.7 Å². The van der Waals surface area contributed by atoms with Crippen molar-refractivity contribution in [3.63, 3.8) is 0 Å². The highest BCUT2D eigenvalue weighted by atomic mass is 16.5. The van der Waals surface area contributed by atoms with Gasteiger partial charge in [-0.1, -0.05) is 12.1 Å². The second-order valence-electron chi connectivity index (χ2n) is 5.93. The molecule has 0 saturated carbocycles. The summed E-state index contributed by atoms with van der Waals surface area (Å²) in [6.07, 6.45) is 1.42. The maximum absolute atomic E-state index is 12.1. The van der Waals surface area contributed by atoms with E-state index in [9.17, 15) is 9.59 Å². The molecule has 0 spiro atoms. The van der Waals surface area contributed by atoms with Gasteiger partial charge in [-0.25, -0.2) is 10.2 Å². The van der Waals surface area contributed by atoms with E-state index in [0.29, 0.717) is 35.0 Å². The number of benzene rings is 2. The molecular weight excluding hydrogens is 372 g/mol. The van der Waals surface area contributed by atoms with Gasteiger partial charge in [0.1, 0.15) is 17.3 Å². The van der Waals surface area contributed by atoms with Crippen molar-refractivity contribution in [1.29, 1.82) is 0 Å². The molecule has 1 amide bonds.